The van der Waals surface area contributed by atoms with Crippen molar-refractivity contribution in [3.05, 3.63) is 59.7 Å². The Bertz CT molecular complexity index is 648. The number of aldehydes is 1. The van der Waals surface area contributed by atoms with Gasteiger partial charge in [0.15, 0.2) is 0 Å². The molecule has 3 rings (SSSR count). The van der Waals surface area contributed by atoms with Gasteiger partial charge in [-0.2, -0.15) is 0 Å². The Morgan fingerprint density at radius 1 is 1.13 bits per heavy atom. The molecule has 2 aromatic rings. The van der Waals surface area contributed by atoms with E-state index in [9.17, 15) is 4.79 Å². The van der Waals surface area contributed by atoms with Crippen LogP contribution in [0.15, 0.2) is 48.5 Å². The van der Waals surface area contributed by atoms with Gasteiger partial charge >= 0.3 is 0 Å². The van der Waals surface area contributed by atoms with Crippen LogP contribution in [0.2, 0.25) is 0 Å². The molecule has 1 aliphatic heterocycles. The lowest BCUT2D eigenvalue weighted by Gasteiger charge is -2.23. The van der Waals surface area contributed by atoms with E-state index in [0.29, 0.717) is 6.42 Å². The highest BCUT2D eigenvalue weighted by Gasteiger charge is 2.20. The third-order valence-corrected chi connectivity index (χ3v) is 4.60. The number of carbonyl (C=O) groups excluding carboxylic acids is 1. The number of hydrogen-bond acceptors (Lipinski definition) is 3. The van der Waals surface area contributed by atoms with Crippen LogP contribution in [0.4, 0.5) is 5.69 Å². The largest absolute Gasteiger partial charge is 0.496 e. The molecular formula is C20H23NO2. The summed E-state index contributed by atoms with van der Waals surface area (Å²) in [5, 5.41) is 0. The minimum absolute atomic E-state index is 0.0382. The highest BCUT2D eigenvalue weighted by atomic mass is 16.5. The third kappa shape index (κ3) is 3.39. The summed E-state index contributed by atoms with van der Waals surface area (Å²) in [6, 6.07) is 16.6. The topological polar surface area (TPSA) is 29.5 Å². The van der Waals surface area contributed by atoms with E-state index < -0.39 is 0 Å². The summed E-state index contributed by atoms with van der Waals surface area (Å²) >= 11 is 0. The van der Waals surface area contributed by atoms with Crippen LogP contribution in [0.3, 0.4) is 0 Å². The Kier molecular flexibility index (Phi) is 4.96. The lowest BCUT2D eigenvalue weighted by molar-refractivity contribution is -0.108. The fourth-order valence-corrected chi connectivity index (χ4v) is 3.38. The van der Waals surface area contributed by atoms with Crippen molar-refractivity contribution in [3.8, 4) is 5.75 Å². The maximum atomic E-state index is 11.2. The average Bonchev–Trinajstić information content (AvgIpc) is 3.15. The molecule has 0 unspecified atom stereocenters. The van der Waals surface area contributed by atoms with E-state index in [2.05, 4.69) is 35.2 Å². The molecule has 0 radical (unpaired) electrons. The van der Waals surface area contributed by atoms with Gasteiger partial charge in [0, 0.05) is 42.7 Å². The maximum absolute atomic E-state index is 11.2. The Morgan fingerprint density at radius 3 is 2.52 bits per heavy atom. The molecule has 0 aromatic heterocycles. The molecule has 0 spiro atoms. The zero-order chi connectivity index (χ0) is 16.1. The number of ether oxygens (including phenoxy) is 1. The molecule has 120 valence electrons. The molecule has 1 saturated heterocycles. The molecule has 2 aromatic carbocycles. The lowest BCUT2D eigenvalue weighted by atomic mass is 9.88. The van der Waals surface area contributed by atoms with Gasteiger partial charge in [-0.25, -0.2) is 0 Å². The van der Waals surface area contributed by atoms with E-state index in [4.69, 9.17) is 4.74 Å². The van der Waals surface area contributed by atoms with Gasteiger partial charge in [0.1, 0.15) is 12.0 Å². The smallest absolute Gasteiger partial charge is 0.124 e. The second kappa shape index (κ2) is 7.32. The number of carbonyl (C=O) groups is 1. The van der Waals surface area contributed by atoms with E-state index in [0.717, 1.165) is 36.3 Å². The quantitative estimate of drug-likeness (QED) is 0.755. The average molecular weight is 309 g/mol. The molecule has 0 saturated carbocycles. The summed E-state index contributed by atoms with van der Waals surface area (Å²) < 4.78 is 5.65. The first-order chi connectivity index (χ1) is 11.3. The zero-order valence-corrected chi connectivity index (χ0v) is 13.6. The molecule has 3 heteroatoms. The lowest BCUT2D eigenvalue weighted by Crippen LogP contribution is -2.17. The predicted octanol–water partition coefficient (Wildman–Crippen LogP) is 4.02. The van der Waals surface area contributed by atoms with Crippen LogP contribution in [0, 0.1) is 0 Å². The summed E-state index contributed by atoms with van der Waals surface area (Å²) in [6.07, 6.45) is 3.96. The van der Waals surface area contributed by atoms with Crippen LogP contribution >= 0.6 is 0 Å². The van der Waals surface area contributed by atoms with Crippen molar-refractivity contribution in [2.45, 2.75) is 25.2 Å². The fourth-order valence-electron chi connectivity index (χ4n) is 3.38. The van der Waals surface area contributed by atoms with Crippen molar-refractivity contribution in [2.24, 2.45) is 0 Å². The summed E-state index contributed by atoms with van der Waals surface area (Å²) in [6.45, 7) is 2.22. The van der Waals surface area contributed by atoms with Gasteiger partial charge in [-0.3, -0.25) is 0 Å². The molecule has 0 N–H and O–H groups in total. The third-order valence-electron chi connectivity index (χ3n) is 4.60. The summed E-state index contributed by atoms with van der Waals surface area (Å²) in [4.78, 5) is 13.6. The van der Waals surface area contributed by atoms with Gasteiger partial charge in [-0.05, 0) is 24.5 Å². The van der Waals surface area contributed by atoms with Gasteiger partial charge < -0.3 is 14.4 Å². The SMILES string of the molecule is COc1cc(N2CCCC2)ccc1[C@@H](CC=O)c1ccccc1. The highest BCUT2D eigenvalue weighted by Crippen LogP contribution is 2.36. The number of methoxy groups -OCH3 is 1. The van der Waals surface area contributed by atoms with Gasteiger partial charge in [-0.1, -0.05) is 36.4 Å². The monoisotopic (exact) mass is 309 g/mol. The molecular weight excluding hydrogens is 286 g/mol. The molecule has 1 heterocycles. The van der Waals surface area contributed by atoms with Crippen molar-refractivity contribution in [2.75, 3.05) is 25.1 Å². The van der Waals surface area contributed by atoms with Crippen molar-refractivity contribution in [3.63, 3.8) is 0 Å². The second-order valence-electron chi connectivity index (χ2n) is 5.99. The minimum Gasteiger partial charge on any atom is -0.496 e. The normalized spacial score (nSPS) is 15.4. The highest BCUT2D eigenvalue weighted by molar-refractivity contribution is 5.60. The standard InChI is InChI=1S/C20H23NO2/c1-23-20-15-17(21-12-5-6-13-21)9-10-19(20)18(11-14-22)16-7-3-2-4-8-16/h2-4,7-10,14-15,18H,5-6,11-13H2,1H3/t18-/m0/s1. The number of rotatable bonds is 6. The molecule has 1 aliphatic rings. The van der Waals surface area contributed by atoms with E-state index in [1.807, 2.05) is 18.2 Å². The van der Waals surface area contributed by atoms with Crippen LogP contribution in [-0.4, -0.2) is 26.5 Å². The zero-order valence-electron chi connectivity index (χ0n) is 13.6. The van der Waals surface area contributed by atoms with Gasteiger partial charge in [-0.15, -0.1) is 0 Å². The first kappa shape index (κ1) is 15.6. The number of nitrogens with zero attached hydrogens (tertiary/aromatic N) is 1. The van der Waals surface area contributed by atoms with E-state index in [1.54, 1.807) is 7.11 Å². The Hall–Kier alpha value is -2.29. The van der Waals surface area contributed by atoms with Crippen LogP contribution in [0.25, 0.3) is 0 Å². The van der Waals surface area contributed by atoms with Crippen LogP contribution in [0.1, 0.15) is 36.3 Å². The van der Waals surface area contributed by atoms with Gasteiger partial charge in [0.25, 0.3) is 0 Å². The summed E-state index contributed by atoms with van der Waals surface area (Å²) in [5.74, 6) is 0.904. The number of benzene rings is 2. The number of anilines is 1. The summed E-state index contributed by atoms with van der Waals surface area (Å²) in [7, 11) is 1.70. The van der Waals surface area contributed by atoms with Gasteiger partial charge in [0.2, 0.25) is 0 Å². The molecule has 0 bridgehead atoms. The molecule has 0 aliphatic carbocycles. The van der Waals surface area contributed by atoms with Crippen LogP contribution in [-0.2, 0) is 4.79 Å². The Balaban J connectivity index is 1.97. The van der Waals surface area contributed by atoms with Crippen molar-refractivity contribution >= 4 is 12.0 Å². The molecule has 1 fully saturated rings. The van der Waals surface area contributed by atoms with E-state index >= 15 is 0 Å². The maximum Gasteiger partial charge on any atom is 0.124 e. The second-order valence-corrected chi connectivity index (χ2v) is 5.99. The Labute approximate surface area is 137 Å². The van der Waals surface area contributed by atoms with Crippen molar-refractivity contribution in [1.29, 1.82) is 0 Å². The fraction of sp³-hybridized carbons (Fsp3) is 0.350. The van der Waals surface area contributed by atoms with Gasteiger partial charge in [0.05, 0.1) is 7.11 Å². The minimum atomic E-state index is 0.0382. The molecule has 23 heavy (non-hydrogen) atoms. The first-order valence-corrected chi connectivity index (χ1v) is 8.25. The van der Waals surface area contributed by atoms with E-state index in [-0.39, 0.29) is 5.92 Å². The molecule has 3 nitrogen and oxygen atoms in total. The first-order valence-electron chi connectivity index (χ1n) is 8.25. The van der Waals surface area contributed by atoms with Crippen LogP contribution < -0.4 is 9.64 Å². The Morgan fingerprint density at radius 2 is 1.87 bits per heavy atom. The molecule has 0 amide bonds. The van der Waals surface area contributed by atoms with Crippen molar-refractivity contribution < 1.29 is 9.53 Å². The van der Waals surface area contributed by atoms with Crippen molar-refractivity contribution in [1.82, 2.24) is 0 Å². The van der Waals surface area contributed by atoms with Crippen LogP contribution in [0.5, 0.6) is 5.75 Å². The molecule has 1 atom stereocenters. The number of hydrogen-bond donors (Lipinski definition) is 0. The van der Waals surface area contributed by atoms with E-state index in [1.165, 1.54) is 18.5 Å². The predicted molar refractivity (Wildman–Crippen MR) is 93.4 cm³/mol. The summed E-state index contributed by atoms with van der Waals surface area (Å²) in [5.41, 5.74) is 3.43.